The number of carbonyl (C=O) groups is 1. The van der Waals surface area contributed by atoms with Gasteiger partial charge in [0.1, 0.15) is 0 Å². The van der Waals surface area contributed by atoms with Crippen LogP contribution in [0.1, 0.15) is 26.2 Å². The van der Waals surface area contributed by atoms with Gasteiger partial charge in [0.15, 0.2) is 0 Å². The lowest BCUT2D eigenvalue weighted by Gasteiger charge is -2.21. The van der Waals surface area contributed by atoms with Crippen LogP contribution in [-0.2, 0) is 4.79 Å². The van der Waals surface area contributed by atoms with E-state index in [9.17, 15) is 4.79 Å². The Balaban J connectivity index is 2.11. The van der Waals surface area contributed by atoms with Crippen molar-refractivity contribution in [2.24, 2.45) is 11.8 Å². The van der Waals surface area contributed by atoms with Gasteiger partial charge >= 0.3 is 0 Å². The fraction of sp³-hybridized carbons (Fsp3) is 0.909. The Morgan fingerprint density at radius 2 is 2.20 bits per heavy atom. The Bertz CT molecular complexity index is 193. The molecule has 1 unspecified atom stereocenters. The lowest BCUT2D eigenvalue weighted by Crippen LogP contribution is -2.31. The van der Waals surface area contributed by atoms with Crippen LogP contribution >= 0.6 is 11.8 Å². The molecule has 0 spiro atoms. The van der Waals surface area contributed by atoms with E-state index in [2.05, 4.69) is 5.32 Å². The zero-order valence-electron chi connectivity index (χ0n) is 9.37. The monoisotopic (exact) mass is 231 g/mol. The fourth-order valence-corrected chi connectivity index (χ4v) is 2.84. The summed E-state index contributed by atoms with van der Waals surface area (Å²) in [5.74, 6) is 3.29. The van der Waals surface area contributed by atoms with Crippen molar-refractivity contribution in [2.75, 3.05) is 24.7 Å². The summed E-state index contributed by atoms with van der Waals surface area (Å²) < 4.78 is 0. The van der Waals surface area contributed by atoms with E-state index in [4.69, 9.17) is 5.11 Å². The molecule has 0 aromatic carbocycles. The van der Waals surface area contributed by atoms with E-state index >= 15 is 0 Å². The first-order valence-electron chi connectivity index (χ1n) is 5.67. The van der Waals surface area contributed by atoms with Crippen molar-refractivity contribution in [3.63, 3.8) is 0 Å². The SMILES string of the molecule is CC(CO)CNC(=O)CC1CCSCC1. The van der Waals surface area contributed by atoms with Crippen molar-refractivity contribution in [3.8, 4) is 0 Å². The predicted molar refractivity (Wildman–Crippen MR) is 63.9 cm³/mol. The summed E-state index contributed by atoms with van der Waals surface area (Å²) >= 11 is 1.98. The van der Waals surface area contributed by atoms with E-state index in [0.29, 0.717) is 18.9 Å². The molecule has 0 radical (unpaired) electrons. The molecule has 0 aliphatic carbocycles. The van der Waals surface area contributed by atoms with Crippen LogP contribution in [0, 0.1) is 11.8 Å². The van der Waals surface area contributed by atoms with Crippen molar-refractivity contribution in [1.82, 2.24) is 5.32 Å². The van der Waals surface area contributed by atoms with E-state index in [1.165, 1.54) is 24.3 Å². The highest BCUT2D eigenvalue weighted by atomic mass is 32.2. The summed E-state index contributed by atoms with van der Waals surface area (Å²) in [6, 6.07) is 0. The van der Waals surface area contributed by atoms with Gasteiger partial charge in [0.2, 0.25) is 5.91 Å². The molecular weight excluding hydrogens is 210 g/mol. The second kappa shape index (κ2) is 7.12. The lowest BCUT2D eigenvalue weighted by molar-refractivity contribution is -0.122. The second-order valence-electron chi connectivity index (χ2n) is 4.35. The summed E-state index contributed by atoms with van der Waals surface area (Å²) in [5, 5.41) is 11.7. The third-order valence-electron chi connectivity index (χ3n) is 2.77. The number of aliphatic hydroxyl groups excluding tert-OH is 1. The van der Waals surface area contributed by atoms with Gasteiger partial charge in [-0.1, -0.05) is 6.92 Å². The molecule has 1 amide bonds. The zero-order chi connectivity index (χ0) is 11.1. The van der Waals surface area contributed by atoms with Gasteiger partial charge in [-0.3, -0.25) is 4.79 Å². The number of carbonyl (C=O) groups excluding carboxylic acids is 1. The van der Waals surface area contributed by atoms with E-state index in [1.54, 1.807) is 0 Å². The summed E-state index contributed by atoms with van der Waals surface area (Å²) in [6.07, 6.45) is 3.01. The van der Waals surface area contributed by atoms with Gasteiger partial charge in [-0.15, -0.1) is 0 Å². The maximum Gasteiger partial charge on any atom is 0.220 e. The number of rotatable bonds is 5. The molecule has 15 heavy (non-hydrogen) atoms. The molecule has 3 nitrogen and oxygen atoms in total. The Kier molecular flexibility index (Phi) is 6.10. The van der Waals surface area contributed by atoms with Crippen molar-refractivity contribution >= 4 is 17.7 Å². The predicted octanol–water partition coefficient (Wildman–Crippen LogP) is 1.26. The van der Waals surface area contributed by atoms with E-state index < -0.39 is 0 Å². The molecule has 0 saturated carbocycles. The number of nitrogens with one attached hydrogen (secondary N) is 1. The van der Waals surface area contributed by atoms with Crippen LogP contribution in [0.2, 0.25) is 0 Å². The first kappa shape index (κ1) is 12.8. The normalized spacial score (nSPS) is 19.9. The van der Waals surface area contributed by atoms with Crippen LogP contribution in [0.4, 0.5) is 0 Å². The highest BCUT2D eigenvalue weighted by molar-refractivity contribution is 7.99. The van der Waals surface area contributed by atoms with E-state index in [0.717, 1.165) is 0 Å². The van der Waals surface area contributed by atoms with Gasteiger partial charge in [-0.25, -0.2) is 0 Å². The summed E-state index contributed by atoms with van der Waals surface area (Å²) in [4.78, 5) is 11.5. The molecule has 0 aromatic rings. The Morgan fingerprint density at radius 1 is 1.53 bits per heavy atom. The van der Waals surface area contributed by atoms with Crippen molar-refractivity contribution in [1.29, 1.82) is 0 Å². The molecule has 0 bridgehead atoms. The molecule has 2 N–H and O–H groups in total. The molecule has 1 heterocycles. The highest BCUT2D eigenvalue weighted by Crippen LogP contribution is 2.24. The quantitative estimate of drug-likeness (QED) is 0.749. The van der Waals surface area contributed by atoms with Crippen LogP contribution in [-0.4, -0.2) is 35.7 Å². The van der Waals surface area contributed by atoms with Crippen molar-refractivity contribution in [2.45, 2.75) is 26.2 Å². The minimum absolute atomic E-state index is 0.139. The van der Waals surface area contributed by atoms with E-state index in [1.807, 2.05) is 18.7 Å². The average Bonchev–Trinajstić information content (AvgIpc) is 2.27. The molecule has 1 aliphatic heterocycles. The number of aliphatic hydroxyl groups is 1. The zero-order valence-corrected chi connectivity index (χ0v) is 10.2. The summed E-state index contributed by atoms with van der Waals surface area (Å²) in [6.45, 7) is 2.66. The Morgan fingerprint density at radius 3 is 2.80 bits per heavy atom. The van der Waals surface area contributed by atoms with Crippen molar-refractivity contribution in [3.05, 3.63) is 0 Å². The van der Waals surface area contributed by atoms with Gasteiger partial charge in [0, 0.05) is 19.6 Å². The molecule has 4 heteroatoms. The summed E-state index contributed by atoms with van der Waals surface area (Å²) in [5.41, 5.74) is 0. The van der Waals surface area contributed by atoms with Crippen LogP contribution in [0.25, 0.3) is 0 Å². The first-order chi connectivity index (χ1) is 7.22. The standard InChI is InChI=1S/C11H21NO2S/c1-9(8-13)7-12-11(14)6-10-2-4-15-5-3-10/h9-10,13H,2-8H2,1H3,(H,12,14). The number of amides is 1. The largest absolute Gasteiger partial charge is 0.396 e. The maximum absolute atomic E-state index is 11.5. The molecule has 1 rings (SSSR count). The topological polar surface area (TPSA) is 49.3 Å². The first-order valence-corrected chi connectivity index (χ1v) is 6.83. The molecular formula is C11H21NO2S. The second-order valence-corrected chi connectivity index (χ2v) is 5.58. The number of hydrogen-bond donors (Lipinski definition) is 2. The lowest BCUT2D eigenvalue weighted by atomic mass is 9.98. The highest BCUT2D eigenvalue weighted by Gasteiger charge is 2.17. The van der Waals surface area contributed by atoms with Gasteiger partial charge in [-0.05, 0) is 36.2 Å². The van der Waals surface area contributed by atoms with Gasteiger partial charge in [-0.2, -0.15) is 11.8 Å². The van der Waals surface area contributed by atoms with Gasteiger partial charge < -0.3 is 10.4 Å². The van der Waals surface area contributed by atoms with Gasteiger partial charge in [0.25, 0.3) is 0 Å². The minimum atomic E-state index is 0.139. The number of thioether (sulfide) groups is 1. The van der Waals surface area contributed by atoms with Crippen LogP contribution in [0.5, 0.6) is 0 Å². The molecule has 1 saturated heterocycles. The third-order valence-corrected chi connectivity index (χ3v) is 3.82. The summed E-state index contributed by atoms with van der Waals surface area (Å²) in [7, 11) is 0. The van der Waals surface area contributed by atoms with Gasteiger partial charge in [0.05, 0.1) is 0 Å². The average molecular weight is 231 g/mol. The molecule has 1 atom stereocenters. The molecule has 1 aliphatic rings. The third kappa shape index (κ3) is 5.42. The Hall–Kier alpha value is -0.220. The van der Waals surface area contributed by atoms with Crippen LogP contribution in [0.15, 0.2) is 0 Å². The minimum Gasteiger partial charge on any atom is -0.396 e. The fourth-order valence-electron chi connectivity index (χ4n) is 1.64. The molecule has 0 aromatic heterocycles. The maximum atomic E-state index is 11.5. The van der Waals surface area contributed by atoms with Crippen molar-refractivity contribution < 1.29 is 9.90 Å². The van der Waals surface area contributed by atoms with Crippen LogP contribution < -0.4 is 5.32 Å². The molecule has 1 fully saturated rings. The van der Waals surface area contributed by atoms with Crippen LogP contribution in [0.3, 0.4) is 0 Å². The smallest absolute Gasteiger partial charge is 0.220 e. The molecule has 88 valence electrons. The number of hydrogen-bond acceptors (Lipinski definition) is 3. The van der Waals surface area contributed by atoms with E-state index in [-0.39, 0.29) is 18.4 Å². The Labute approximate surface area is 96.0 Å².